The zero-order valence-electron chi connectivity index (χ0n) is 15.5. The number of amides is 1. The lowest BCUT2D eigenvalue weighted by Gasteiger charge is -2.21. The van der Waals surface area contributed by atoms with Crippen LogP contribution in [-0.2, 0) is 4.79 Å². The molecule has 0 atom stereocenters. The zero-order chi connectivity index (χ0) is 21.3. The van der Waals surface area contributed by atoms with E-state index in [4.69, 9.17) is 11.6 Å². The van der Waals surface area contributed by atoms with Crippen LogP contribution in [-0.4, -0.2) is 51.6 Å². The van der Waals surface area contributed by atoms with E-state index in [1.54, 1.807) is 30.7 Å². The molecule has 2 heterocycles. The number of alkyl halides is 4. The first-order valence-corrected chi connectivity index (χ1v) is 10.5. The van der Waals surface area contributed by atoms with Gasteiger partial charge in [-0.25, -0.2) is 4.68 Å². The maximum atomic E-state index is 12.7. The fraction of sp³-hybridized carbons (Fsp3) is 0.500. The van der Waals surface area contributed by atoms with Crippen LogP contribution in [0.2, 0.25) is 5.15 Å². The van der Waals surface area contributed by atoms with Crippen molar-refractivity contribution in [1.82, 2.24) is 14.8 Å². The highest BCUT2D eigenvalue weighted by atomic mass is 35.5. The first-order chi connectivity index (χ1) is 13.8. The minimum atomic E-state index is -4.20. The standard InChI is InChI=1S/C18H21ClF4N4OS/c19-17-15(13-27(25-17)14-4-3-8-24-12-14)26(9-2-1-7-20)16(28)5-10-29-11-6-18(21,22)23/h3-4,8,12-13H,1-2,5-7,9-11H2. The van der Waals surface area contributed by atoms with Gasteiger partial charge in [0, 0.05) is 30.7 Å². The largest absolute Gasteiger partial charge is 0.389 e. The predicted octanol–water partition coefficient (Wildman–Crippen LogP) is 5.08. The molecule has 0 aliphatic heterocycles. The Balaban J connectivity index is 2.05. The van der Waals surface area contributed by atoms with Crippen molar-refractivity contribution >= 4 is 35.0 Å². The number of unbranched alkanes of at least 4 members (excludes halogenated alkanes) is 1. The van der Waals surface area contributed by atoms with Crippen LogP contribution in [0.1, 0.15) is 25.7 Å². The Bertz CT molecular complexity index is 773. The van der Waals surface area contributed by atoms with Crippen molar-refractivity contribution in [3.8, 4) is 5.69 Å². The molecule has 2 rings (SSSR count). The summed E-state index contributed by atoms with van der Waals surface area (Å²) in [6.45, 7) is -0.258. The molecule has 0 saturated heterocycles. The number of anilines is 1. The first kappa shape index (κ1) is 23.5. The fourth-order valence-corrected chi connectivity index (χ4v) is 3.61. The lowest BCUT2D eigenvalue weighted by atomic mass is 10.2. The summed E-state index contributed by atoms with van der Waals surface area (Å²) in [5, 5.41) is 4.30. The highest BCUT2D eigenvalue weighted by Crippen LogP contribution is 2.28. The number of nitrogens with zero attached hydrogens (tertiary/aromatic N) is 4. The van der Waals surface area contributed by atoms with E-state index in [9.17, 15) is 22.4 Å². The molecule has 0 spiro atoms. The monoisotopic (exact) mass is 452 g/mol. The second-order valence-corrected chi connectivity index (χ2v) is 7.71. The number of hydrogen-bond donors (Lipinski definition) is 0. The Hall–Kier alpha value is -1.81. The summed E-state index contributed by atoms with van der Waals surface area (Å²) in [7, 11) is 0. The number of carbonyl (C=O) groups is 1. The number of halogens is 5. The summed E-state index contributed by atoms with van der Waals surface area (Å²) >= 11 is 7.30. The van der Waals surface area contributed by atoms with Gasteiger partial charge < -0.3 is 4.90 Å². The normalized spacial score (nSPS) is 11.6. The van der Waals surface area contributed by atoms with Crippen LogP contribution in [0.25, 0.3) is 5.69 Å². The van der Waals surface area contributed by atoms with Gasteiger partial charge in [0.1, 0.15) is 5.69 Å². The van der Waals surface area contributed by atoms with Crippen LogP contribution in [0.4, 0.5) is 23.2 Å². The molecule has 160 valence electrons. The van der Waals surface area contributed by atoms with Gasteiger partial charge in [-0.15, -0.1) is 0 Å². The average Bonchev–Trinajstić information content (AvgIpc) is 3.06. The Morgan fingerprint density at radius 1 is 1.28 bits per heavy atom. The number of aromatic nitrogens is 3. The van der Waals surface area contributed by atoms with Crippen molar-refractivity contribution < 1.29 is 22.4 Å². The van der Waals surface area contributed by atoms with E-state index in [0.717, 1.165) is 11.8 Å². The van der Waals surface area contributed by atoms with Gasteiger partial charge in [-0.1, -0.05) is 11.6 Å². The van der Waals surface area contributed by atoms with Crippen molar-refractivity contribution in [3.63, 3.8) is 0 Å². The van der Waals surface area contributed by atoms with Gasteiger partial charge >= 0.3 is 6.18 Å². The summed E-state index contributed by atoms with van der Waals surface area (Å²) in [5.41, 5.74) is 1.03. The highest BCUT2D eigenvalue weighted by Gasteiger charge is 2.26. The van der Waals surface area contributed by atoms with Gasteiger partial charge in [-0.3, -0.25) is 14.2 Å². The van der Waals surface area contributed by atoms with E-state index in [2.05, 4.69) is 10.1 Å². The number of rotatable bonds is 11. The maximum Gasteiger partial charge on any atom is 0.389 e. The van der Waals surface area contributed by atoms with Crippen molar-refractivity contribution in [2.75, 3.05) is 29.6 Å². The van der Waals surface area contributed by atoms with Gasteiger partial charge in [0.2, 0.25) is 5.91 Å². The molecule has 11 heteroatoms. The second kappa shape index (κ2) is 11.4. The van der Waals surface area contributed by atoms with Crippen LogP contribution in [0.15, 0.2) is 30.7 Å². The lowest BCUT2D eigenvalue weighted by Crippen LogP contribution is -2.32. The molecule has 0 aliphatic carbocycles. The summed E-state index contributed by atoms with van der Waals surface area (Å²) in [6, 6.07) is 3.50. The SMILES string of the molecule is O=C(CCSCCC(F)(F)F)N(CCCCF)c1cn(-c2cccnc2)nc1Cl. The quantitative estimate of drug-likeness (QED) is 0.352. The Morgan fingerprint density at radius 3 is 2.72 bits per heavy atom. The minimum Gasteiger partial charge on any atom is -0.308 e. The lowest BCUT2D eigenvalue weighted by molar-refractivity contribution is -0.129. The molecule has 0 aliphatic rings. The molecule has 0 unspecified atom stereocenters. The summed E-state index contributed by atoms with van der Waals surface area (Å²) in [4.78, 5) is 18.1. The molecule has 29 heavy (non-hydrogen) atoms. The van der Waals surface area contributed by atoms with E-state index >= 15 is 0 Å². The number of thioether (sulfide) groups is 1. The van der Waals surface area contributed by atoms with Gasteiger partial charge in [0.15, 0.2) is 5.15 Å². The molecule has 0 bridgehead atoms. The van der Waals surface area contributed by atoms with Crippen molar-refractivity contribution in [3.05, 3.63) is 35.9 Å². The average molecular weight is 453 g/mol. The summed E-state index contributed by atoms with van der Waals surface area (Å²) in [6.07, 6.45) is 0.449. The smallest absolute Gasteiger partial charge is 0.308 e. The van der Waals surface area contributed by atoms with E-state index in [0.29, 0.717) is 24.2 Å². The zero-order valence-corrected chi connectivity index (χ0v) is 17.1. The van der Waals surface area contributed by atoms with Crippen LogP contribution >= 0.6 is 23.4 Å². The second-order valence-electron chi connectivity index (χ2n) is 6.13. The van der Waals surface area contributed by atoms with Crippen molar-refractivity contribution in [2.45, 2.75) is 31.9 Å². The fourth-order valence-electron chi connectivity index (χ4n) is 2.47. The third kappa shape index (κ3) is 7.85. The third-order valence-electron chi connectivity index (χ3n) is 3.91. The molecule has 1 amide bonds. The molecular weight excluding hydrogens is 432 g/mol. The highest BCUT2D eigenvalue weighted by molar-refractivity contribution is 7.99. The molecular formula is C18H21ClF4N4OS. The van der Waals surface area contributed by atoms with Crippen LogP contribution in [0.5, 0.6) is 0 Å². The van der Waals surface area contributed by atoms with Gasteiger partial charge in [0.25, 0.3) is 0 Å². The number of carbonyl (C=O) groups excluding carboxylic acids is 1. The van der Waals surface area contributed by atoms with E-state index < -0.39 is 19.3 Å². The van der Waals surface area contributed by atoms with Crippen LogP contribution in [0, 0.1) is 0 Å². The Kier molecular flexibility index (Phi) is 9.22. The molecule has 0 fully saturated rings. The van der Waals surface area contributed by atoms with E-state index in [1.165, 1.54) is 9.58 Å². The van der Waals surface area contributed by atoms with Gasteiger partial charge in [0.05, 0.1) is 31.2 Å². The summed E-state index contributed by atoms with van der Waals surface area (Å²) < 4.78 is 50.6. The molecule has 0 radical (unpaired) electrons. The van der Waals surface area contributed by atoms with Crippen molar-refractivity contribution in [1.29, 1.82) is 0 Å². The van der Waals surface area contributed by atoms with E-state index in [-0.39, 0.29) is 35.5 Å². The topological polar surface area (TPSA) is 51.0 Å². The molecule has 0 aromatic carbocycles. The molecule has 2 aromatic rings. The number of pyridine rings is 1. The Labute approximate surface area is 175 Å². The third-order valence-corrected chi connectivity index (χ3v) is 5.16. The first-order valence-electron chi connectivity index (χ1n) is 8.98. The van der Waals surface area contributed by atoms with Crippen LogP contribution in [0.3, 0.4) is 0 Å². The maximum absolute atomic E-state index is 12.7. The molecule has 5 nitrogen and oxygen atoms in total. The van der Waals surface area contributed by atoms with Crippen LogP contribution < -0.4 is 4.90 Å². The Morgan fingerprint density at radius 2 is 2.07 bits per heavy atom. The predicted molar refractivity (Wildman–Crippen MR) is 107 cm³/mol. The van der Waals surface area contributed by atoms with Gasteiger partial charge in [-0.2, -0.15) is 30.0 Å². The van der Waals surface area contributed by atoms with E-state index in [1.807, 2.05) is 0 Å². The minimum absolute atomic E-state index is 0.0482. The number of hydrogen-bond acceptors (Lipinski definition) is 4. The molecule has 0 N–H and O–H groups in total. The molecule has 2 aromatic heterocycles. The van der Waals surface area contributed by atoms with Gasteiger partial charge in [-0.05, 0) is 25.0 Å². The summed E-state index contributed by atoms with van der Waals surface area (Å²) in [5.74, 6) is -0.141. The van der Waals surface area contributed by atoms with Crippen molar-refractivity contribution in [2.24, 2.45) is 0 Å². The molecule has 0 saturated carbocycles.